The van der Waals surface area contributed by atoms with E-state index in [1.807, 2.05) is 0 Å². The Morgan fingerprint density at radius 3 is 2.40 bits per heavy atom. The molecule has 0 aromatic carbocycles. The van der Waals surface area contributed by atoms with Gasteiger partial charge in [-0.3, -0.25) is 0 Å². The Morgan fingerprint density at radius 1 is 0.867 bits per heavy atom. The summed E-state index contributed by atoms with van der Waals surface area (Å²) in [6.45, 7) is 4.92. The molecule has 88 valence electrons. The Bertz CT molecular complexity index is 190. The summed E-state index contributed by atoms with van der Waals surface area (Å²) >= 11 is 2.35. The van der Waals surface area contributed by atoms with Crippen LogP contribution in [-0.4, -0.2) is 10.5 Å². The predicted molar refractivity (Wildman–Crippen MR) is 70.4 cm³/mol. The van der Waals surface area contributed by atoms with Gasteiger partial charge in [-0.2, -0.15) is 11.8 Å². The lowest BCUT2D eigenvalue weighted by Crippen LogP contribution is -2.24. The van der Waals surface area contributed by atoms with Crippen molar-refractivity contribution in [2.75, 3.05) is 0 Å². The number of hydrogen-bond acceptors (Lipinski definition) is 1. The molecule has 0 aromatic heterocycles. The highest BCUT2D eigenvalue weighted by Gasteiger charge is 2.27. The van der Waals surface area contributed by atoms with E-state index in [1.165, 1.54) is 51.4 Å². The van der Waals surface area contributed by atoms with Crippen LogP contribution in [0.25, 0.3) is 0 Å². The fourth-order valence-electron chi connectivity index (χ4n) is 3.23. The molecule has 2 saturated carbocycles. The van der Waals surface area contributed by atoms with Gasteiger partial charge in [-0.25, -0.2) is 0 Å². The van der Waals surface area contributed by atoms with E-state index in [4.69, 9.17) is 0 Å². The first-order valence-corrected chi connectivity index (χ1v) is 7.85. The Labute approximate surface area is 99.6 Å². The van der Waals surface area contributed by atoms with Crippen molar-refractivity contribution < 1.29 is 0 Å². The van der Waals surface area contributed by atoms with Gasteiger partial charge in [-0.05, 0) is 37.5 Å². The molecule has 0 N–H and O–H groups in total. The first-order chi connectivity index (χ1) is 7.25. The van der Waals surface area contributed by atoms with Crippen LogP contribution < -0.4 is 0 Å². The lowest BCUT2D eigenvalue weighted by Gasteiger charge is -2.34. The summed E-state index contributed by atoms with van der Waals surface area (Å²) in [5, 5.41) is 1.99. The topological polar surface area (TPSA) is 0 Å². The molecule has 2 fully saturated rings. The fraction of sp³-hybridized carbons (Fsp3) is 1.00. The van der Waals surface area contributed by atoms with Crippen molar-refractivity contribution in [2.45, 2.75) is 75.7 Å². The van der Waals surface area contributed by atoms with Crippen molar-refractivity contribution in [3.8, 4) is 0 Å². The summed E-state index contributed by atoms with van der Waals surface area (Å²) < 4.78 is 0. The van der Waals surface area contributed by atoms with E-state index in [0.717, 1.165) is 22.3 Å². The summed E-state index contributed by atoms with van der Waals surface area (Å²) in [5.74, 6) is 1.98. The molecule has 0 bridgehead atoms. The molecule has 4 unspecified atom stereocenters. The quantitative estimate of drug-likeness (QED) is 0.647. The lowest BCUT2D eigenvalue weighted by atomic mass is 9.90. The van der Waals surface area contributed by atoms with E-state index in [9.17, 15) is 0 Å². The van der Waals surface area contributed by atoms with Crippen LogP contribution in [0.2, 0.25) is 0 Å². The Kier molecular flexibility index (Phi) is 4.42. The third kappa shape index (κ3) is 3.41. The van der Waals surface area contributed by atoms with Crippen LogP contribution in [-0.2, 0) is 0 Å². The number of rotatable bonds is 2. The van der Waals surface area contributed by atoms with Crippen molar-refractivity contribution >= 4 is 11.8 Å². The fourth-order valence-corrected chi connectivity index (χ4v) is 5.18. The van der Waals surface area contributed by atoms with Crippen LogP contribution in [0.15, 0.2) is 0 Å². The van der Waals surface area contributed by atoms with E-state index in [1.54, 1.807) is 0 Å². The van der Waals surface area contributed by atoms with Gasteiger partial charge in [0.25, 0.3) is 0 Å². The highest BCUT2D eigenvalue weighted by molar-refractivity contribution is 8.00. The van der Waals surface area contributed by atoms with E-state index in [0.29, 0.717) is 0 Å². The van der Waals surface area contributed by atoms with Gasteiger partial charge in [0.05, 0.1) is 0 Å². The Balaban J connectivity index is 1.79. The standard InChI is InChI=1S/C14H26S/c1-11-6-5-8-13(10-11)15-14-9-4-3-7-12(14)2/h11-14H,3-10H2,1-2H3. The highest BCUT2D eigenvalue weighted by Crippen LogP contribution is 2.40. The zero-order valence-corrected chi connectivity index (χ0v) is 11.2. The van der Waals surface area contributed by atoms with Crippen LogP contribution in [0.4, 0.5) is 0 Å². The van der Waals surface area contributed by atoms with E-state index >= 15 is 0 Å². The van der Waals surface area contributed by atoms with Gasteiger partial charge < -0.3 is 0 Å². The Hall–Kier alpha value is 0.350. The van der Waals surface area contributed by atoms with Gasteiger partial charge in [0, 0.05) is 10.5 Å². The largest absolute Gasteiger partial charge is 0.155 e. The molecule has 0 heterocycles. The predicted octanol–water partition coefficient (Wildman–Crippen LogP) is 4.88. The first-order valence-electron chi connectivity index (χ1n) is 6.91. The summed E-state index contributed by atoms with van der Waals surface area (Å²) in [4.78, 5) is 0. The van der Waals surface area contributed by atoms with E-state index < -0.39 is 0 Å². The molecular formula is C14H26S. The first kappa shape index (κ1) is 11.8. The van der Waals surface area contributed by atoms with Crippen LogP contribution >= 0.6 is 11.8 Å². The van der Waals surface area contributed by atoms with Crippen LogP contribution in [0, 0.1) is 11.8 Å². The van der Waals surface area contributed by atoms with Crippen LogP contribution in [0.3, 0.4) is 0 Å². The minimum absolute atomic E-state index is 0.987. The summed E-state index contributed by atoms with van der Waals surface area (Å²) in [6, 6.07) is 0. The maximum atomic E-state index is 2.48. The number of hydrogen-bond donors (Lipinski definition) is 0. The maximum Gasteiger partial charge on any atom is 0.00754 e. The SMILES string of the molecule is CC1CCCC(SC2CCCCC2C)C1. The summed E-state index contributed by atoms with van der Waals surface area (Å²) in [5.41, 5.74) is 0. The van der Waals surface area contributed by atoms with E-state index in [-0.39, 0.29) is 0 Å². The average molecular weight is 226 g/mol. The van der Waals surface area contributed by atoms with Crippen LogP contribution in [0.1, 0.15) is 65.2 Å². The van der Waals surface area contributed by atoms with Crippen LogP contribution in [0.5, 0.6) is 0 Å². The van der Waals surface area contributed by atoms with Gasteiger partial charge in [0.2, 0.25) is 0 Å². The molecule has 2 rings (SSSR count). The third-order valence-electron chi connectivity index (χ3n) is 4.29. The molecule has 15 heavy (non-hydrogen) atoms. The maximum absolute atomic E-state index is 2.48. The second-order valence-corrected chi connectivity index (χ2v) is 7.37. The molecular weight excluding hydrogens is 200 g/mol. The molecule has 0 saturated heterocycles. The second kappa shape index (κ2) is 5.61. The van der Waals surface area contributed by atoms with E-state index in [2.05, 4.69) is 25.6 Å². The summed E-state index contributed by atoms with van der Waals surface area (Å²) in [7, 11) is 0. The van der Waals surface area contributed by atoms with Crippen molar-refractivity contribution in [1.29, 1.82) is 0 Å². The third-order valence-corrected chi connectivity index (χ3v) is 6.15. The van der Waals surface area contributed by atoms with Crippen molar-refractivity contribution in [3.63, 3.8) is 0 Å². The molecule has 4 atom stereocenters. The lowest BCUT2D eigenvalue weighted by molar-refractivity contribution is 0.378. The van der Waals surface area contributed by atoms with Gasteiger partial charge in [-0.15, -0.1) is 0 Å². The molecule has 1 heteroatoms. The monoisotopic (exact) mass is 226 g/mol. The van der Waals surface area contributed by atoms with Gasteiger partial charge in [-0.1, -0.05) is 39.5 Å². The molecule has 0 spiro atoms. The molecule has 2 aliphatic rings. The molecule has 0 aromatic rings. The minimum Gasteiger partial charge on any atom is -0.155 e. The molecule has 0 nitrogen and oxygen atoms in total. The van der Waals surface area contributed by atoms with Gasteiger partial charge in [0.1, 0.15) is 0 Å². The molecule has 0 amide bonds. The molecule has 0 aliphatic heterocycles. The molecule has 2 aliphatic carbocycles. The smallest absolute Gasteiger partial charge is 0.00754 e. The zero-order valence-electron chi connectivity index (χ0n) is 10.4. The van der Waals surface area contributed by atoms with Crippen molar-refractivity contribution in [3.05, 3.63) is 0 Å². The average Bonchev–Trinajstić information content (AvgIpc) is 2.22. The molecule has 0 radical (unpaired) electrons. The van der Waals surface area contributed by atoms with Gasteiger partial charge >= 0.3 is 0 Å². The van der Waals surface area contributed by atoms with Crippen molar-refractivity contribution in [2.24, 2.45) is 11.8 Å². The minimum atomic E-state index is 0.987. The van der Waals surface area contributed by atoms with Gasteiger partial charge in [0.15, 0.2) is 0 Å². The normalized spacial score (nSPS) is 42.8. The Morgan fingerprint density at radius 2 is 1.67 bits per heavy atom. The second-order valence-electron chi connectivity index (χ2n) is 5.83. The zero-order chi connectivity index (χ0) is 10.7. The van der Waals surface area contributed by atoms with Crippen molar-refractivity contribution in [1.82, 2.24) is 0 Å². The highest BCUT2D eigenvalue weighted by atomic mass is 32.2. The number of thioether (sulfide) groups is 1. The summed E-state index contributed by atoms with van der Waals surface area (Å²) in [6.07, 6.45) is 11.9.